The Morgan fingerprint density at radius 1 is 1.03 bits per heavy atom. The Bertz CT molecular complexity index is 1280. The van der Waals surface area contributed by atoms with Crippen LogP contribution in [0.3, 0.4) is 0 Å². The minimum Gasteiger partial charge on any atom is -0.466 e. The molecule has 2 aliphatic heterocycles. The van der Waals surface area contributed by atoms with Crippen molar-refractivity contribution in [2.75, 3.05) is 37.1 Å². The van der Waals surface area contributed by atoms with Crippen molar-refractivity contribution in [1.82, 2.24) is 0 Å². The number of hydrogen-bond donors (Lipinski definition) is 1. The number of nitriles is 1. The number of piperidine rings is 1. The van der Waals surface area contributed by atoms with Crippen molar-refractivity contribution in [3.05, 3.63) is 81.8 Å². The summed E-state index contributed by atoms with van der Waals surface area (Å²) in [6.07, 6.45) is 3.36. The lowest BCUT2D eigenvalue weighted by Gasteiger charge is -2.36. The van der Waals surface area contributed by atoms with Crippen LogP contribution in [-0.4, -0.2) is 39.2 Å². The summed E-state index contributed by atoms with van der Waals surface area (Å²) < 4.78 is 10.1. The van der Waals surface area contributed by atoms with Crippen molar-refractivity contribution in [2.45, 2.75) is 25.2 Å². The molecule has 1 saturated heterocycles. The summed E-state index contributed by atoms with van der Waals surface area (Å²) in [6.45, 7) is 1.81. The maximum absolute atomic E-state index is 13.2. The predicted octanol–water partition coefficient (Wildman–Crippen LogP) is 4.23. The first-order valence-corrected chi connectivity index (χ1v) is 12.0. The highest BCUT2D eigenvalue weighted by Crippen LogP contribution is 2.44. The second-order valence-corrected chi connectivity index (χ2v) is 8.93. The number of benzene rings is 2. The molecule has 2 N–H and O–H groups in total. The van der Waals surface area contributed by atoms with Crippen LogP contribution in [0.5, 0.6) is 0 Å². The zero-order valence-corrected chi connectivity index (χ0v) is 20.9. The highest BCUT2D eigenvalue weighted by molar-refractivity contribution is 6.33. The number of esters is 2. The van der Waals surface area contributed by atoms with Gasteiger partial charge in [-0.2, -0.15) is 5.26 Å². The van der Waals surface area contributed by atoms with E-state index in [1.54, 1.807) is 36.4 Å². The van der Waals surface area contributed by atoms with Gasteiger partial charge in [0.15, 0.2) is 0 Å². The van der Waals surface area contributed by atoms with Gasteiger partial charge in [0.1, 0.15) is 11.5 Å². The lowest BCUT2D eigenvalue weighted by atomic mass is 9.81. The van der Waals surface area contributed by atoms with E-state index >= 15 is 0 Å². The van der Waals surface area contributed by atoms with Crippen LogP contribution < -0.4 is 15.5 Å². The number of hydrogen-bond acceptors (Lipinski definition) is 8. The van der Waals surface area contributed by atoms with Crippen molar-refractivity contribution in [2.24, 2.45) is 5.73 Å². The fraction of sp³-hybridized carbons (Fsp3) is 0.296. The third kappa shape index (κ3) is 4.50. The second kappa shape index (κ2) is 10.8. The molecule has 0 aromatic heterocycles. The first kappa shape index (κ1) is 25.1. The number of rotatable bonds is 5. The third-order valence-corrected chi connectivity index (χ3v) is 6.80. The van der Waals surface area contributed by atoms with Crippen LogP contribution in [0.15, 0.2) is 71.2 Å². The molecule has 0 amide bonds. The molecule has 0 spiro atoms. The highest BCUT2D eigenvalue weighted by Gasteiger charge is 2.43. The van der Waals surface area contributed by atoms with Crippen LogP contribution in [0.1, 0.15) is 30.7 Å². The van der Waals surface area contributed by atoms with E-state index in [9.17, 15) is 14.9 Å². The lowest BCUT2D eigenvalue weighted by Crippen LogP contribution is -2.40. The van der Waals surface area contributed by atoms with Crippen molar-refractivity contribution in [3.8, 4) is 6.07 Å². The van der Waals surface area contributed by atoms with E-state index in [1.165, 1.54) is 25.5 Å². The van der Waals surface area contributed by atoms with Crippen LogP contribution in [0.2, 0.25) is 5.02 Å². The SMILES string of the molecule is COC(=O)C1=C(C(=O)OC)N(c2ccc(N3CCCCC3)c(Cl)c2)C(N)=C(C#N)C1c1ccccc1. The van der Waals surface area contributed by atoms with Crippen LogP contribution in [-0.2, 0) is 19.1 Å². The Hall–Kier alpha value is -3.96. The quantitative estimate of drug-likeness (QED) is 0.600. The van der Waals surface area contributed by atoms with Crippen LogP contribution in [0, 0.1) is 11.3 Å². The Balaban J connectivity index is 1.94. The standard InChI is InChI=1S/C27H27ClN4O4/c1-35-26(33)23-22(17-9-5-3-6-10-17)19(16-29)25(30)32(24(23)27(34)36-2)18-11-12-21(20(28)15-18)31-13-7-4-8-14-31/h3,5-6,9-12,15,22H,4,7-8,13-14,30H2,1-2H3. The van der Waals surface area contributed by atoms with Crippen molar-refractivity contribution in [3.63, 3.8) is 0 Å². The maximum atomic E-state index is 13.2. The first-order valence-electron chi connectivity index (χ1n) is 11.6. The molecule has 9 heteroatoms. The third-order valence-electron chi connectivity index (χ3n) is 6.50. The Morgan fingerprint density at radius 3 is 2.28 bits per heavy atom. The number of anilines is 2. The number of nitrogens with zero attached hydrogens (tertiary/aromatic N) is 3. The van der Waals surface area contributed by atoms with E-state index in [0.717, 1.165) is 31.6 Å². The van der Waals surface area contributed by atoms with Gasteiger partial charge in [0.05, 0.1) is 48.1 Å². The number of methoxy groups -OCH3 is 2. The number of allylic oxidation sites excluding steroid dienone is 1. The summed E-state index contributed by atoms with van der Waals surface area (Å²) >= 11 is 6.70. The molecule has 2 heterocycles. The van der Waals surface area contributed by atoms with Gasteiger partial charge in [-0.3, -0.25) is 4.90 Å². The van der Waals surface area contributed by atoms with Gasteiger partial charge in [-0.05, 0) is 43.0 Å². The molecule has 2 aromatic rings. The molecule has 0 aliphatic carbocycles. The van der Waals surface area contributed by atoms with E-state index in [-0.39, 0.29) is 22.7 Å². The van der Waals surface area contributed by atoms with Gasteiger partial charge in [-0.1, -0.05) is 41.9 Å². The van der Waals surface area contributed by atoms with E-state index in [1.807, 2.05) is 12.1 Å². The number of carbonyl (C=O) groups excluding carboxylic acids is 2. The van der Waals surface area contributed by atoms with E-state index < -0.39 is 17.9 Å². The zero-order valence-electron chi connectivity index (χ0n) is 20.2. The van der Waals surface area contributed by atoms with Gasteiger partial charge >= 0.3 is 11.9 Å². The summed E-state index contributed by atoms with van der Waals surface area (Å²) in [7, 11) is 2.43. The molecule has 1 unspecified atom stereocenters. The monoisotopic (exact) mass is 506 g/mol. The van der Waals surface area contributed by atoms with Crippen molar-refractivity contribution >= 4 is 34.9 Å². The normalized spacial score (nSPS) is 18.1. The number of halogens is 1. The molecule has 0 saturated carbocycles. The molecular formula is C27H27ClN4O4. The molecule has 0 bridgehead atoms. The number of nitrogens with two attached hydrogens (primary N) is 1. The van der Waals surface area contributed by atoms with Gasteiger partial charge in [-0.15, -0.1) is 0 Å². The average molecular weight is 507 g/mol. The van der Waals surface area contributed by atoms with Crippen molar-refractivity contribution in [1.29, 1.82) is 5.26 Å². The minimum atomic E-state index is -0.919. The molecule has 0 radical (unpaired) electrons. The Kier molecular flexibility index (Phi) is 7.51. The highest BCUT2D eigenvalue weighted by atomic mass is 35.5. The van der Waals surface area contributed by atoms with E-state index in [0.29, 0.717) is 16.3 Å². The predicted molar refractivity (Wildman–Crippen MR) is 137 cm³/mol. The average Bonchev–Trinajstić information content (AvgIpc) is 2.92. The molecule has 2 aliphatic rings. The largest absolute Gasteiger partial charge is 0.466 e. The zero-order chi connectivity index (χ0) is 25.8. The Morgan fingerprint density at radius 2 is 1.69 bits per heavy atom. The summed E-state index contributed by atoms with van der Waals surface area (Å²) in [5.41, 5.74) is 8.38. The first-order chi connectivity index (χ1) is 17.4. The number of carbonyl (C=O) groups is 2. The second-order valence-electron chi connectivity index (χ2n) is 8.52. The molecular weight excluding hydrogens is 480 g/mol. The van der Waals surface area contributed by atoms with Gasteiger partial charge < -0.3 is 20.1 Å². The molecule has 4 rings (SSSR count). The van der Waals surface area contributed by atoms with E-state index in [2.05, 4.69) is 11.0 Å². The smallest absolute Gasteiger partial charge is 0.355 e. The molecule has 2 aromatic carbocycles. The molecule has 1 fully saturated rings. The van der Waals surface area contributed by atoms with Gasteiger partial charge in [0.2, 0.25) is 0 Å². The molecule has 36 heavy (non-hydrogen) atoms. The topological polar surface area (TPSA) is 109 Å². The van der Waals surface area contributed by atoms with Gasteiger partial charge in [-0.25, -0.2) is 9.59 Å². The summed E-state index contributed by atoms with van der Waals surface area (Å²) in [5.74, 6) is -2.49. The molecule has 1 atom stereocenters. The fourth-order valence-electron chi connectivity index (χ4n) is 4.81. The lowest BCUT2D eigenvalue weighted by molar-refractivity contribution is -0.139. The number of ether oxygens (including phenoxy) is 2. The molecule has 186 valence electrons. The summed E-state index contributed by atoms with van der Waals surface area (Å²) in [5, 5.41) is 10.6. The van der Waals surface area contributed by atoms with E-state index in [4.69, 9.17) is 26.8 Å². The fourth-order valence-corrected chi connectivity index (χ4v) is 5.10. The van der Waals surface area contributed by atoms with Gasteiger partial charge in [0.25, 0.3) is 0 Å². The van der Waals surface area contributed by atoms with Gasteiger partial charge in [0, 0.05) is 18.8 Å². The van der Waals surface area contributed by atoms with Crippen LogP contribution in [0.4, 0.5) is 11.4 Å². The summed E-state index contributed by atoms with van der Waals surface area (Å²) in [4.78, 5) is 29.9. The summed E-state index contributed by atoms with van der Waals surface area (Å²) in [6, 6.07) is 16.3. The maximum Gasteiger partial charge on any atom is 0.355 e. The Labute approximate surface area is 215 Å². The minimum absolute atomic E-state index is 0.00111. The van der Waals surface area contributed by atoms with Crippen molar-refractivity contribution < 1.29 is 19.1 Å². The molecule has 8 nitrogen and oxygen atoms in total. The van der Waals surface area contributed by atoms with Crippen LogP contribution >= 0.6 is 11.6 Å². The van der Waals surface area contributed by atoms with Crippen LogP contribution in [0.25, 0.3) is 0 Å².